The molecule has 0 aliphatic rings. The Morgan fingerprint density at radius 2 is 1.50 bits per heavy atom. The average molecular weight is 416 g/mol. The predicted molar refractivity (Wildman–Crippen MR) is 62.1 cm³/mol. The molecule has 0 fully saturated rings. The largest absolute Gasteiger partial charge is 2.00 e. The monoisotopic (exact) mass is 414 g/mol. The zero-order valence-electron chi connectivity index (χ0n) is 10.4. The van der Waals surface area contributed by atoms with E-state index in [4.69, 9.17) is 30.6 Å². The van der Waals surface area contributed by atoms with Crippen molar-refractivity contribution in [1.29, 1.82) is 0 Å². The molecular formula is C6H15IMgO7Zn. The van der Waals surface area contributed by atoms with Crippen LogP contribution < -0.4 is 0 Å². The van der Waals surface area contributed by atoms with Gasteiger partial charge in [-0.2, -0.15) is 0 Å². The fraction of sp³-hybridized carbons (Fsp3) is 0.833. The van der Waals surface area contributed by atoms with Gasteiger partial charge in [-0.3, -0.25) is 0 Å². The number of halogens is 1. The van der Waals surface area contributed by atoms with Crippen molar-refractivity contribution in [1.82, 2.24) is 0 Å². The molecule has 0 amide bonds. The maximum atomic E-state index is 10.1. The average Bonchev–Trinajstić information content (AvgIpc) is 2.12. The van der Waals surface area contributed by atoms with Gasteiger partial charge in [0.05, 0.1) is 6.61 Å². The third-order valence-electron chi connectivity index (χ3n) is 1.51. The van der Waals surface area contributed by atoms with E-state index in [2.05, 4.69) is 0 Å². The van der Waals surface area contributed by atoms with Crippen LogP contribution in [0.4, 0.5) is 0 Å². The van der Waals surface area contributed by atoms with Crippen LogP contribution in [0, 0.1) is 0 Å². The number of aliphatic hydroxyl groups is 5. The Morgan fingerprint density at radius 1 is 1.12 bits per heavy atom. The fourth-order valence-corrected chi connectivity index (χ4v) is 0.668. The SMILES string of the molecule is I.O=C(O)C(O)C(O)C(O)C(O)CO.[H-].[H-].[Mg+2].[Zn]. The van der Waals surface area contributed by atoms with Crippen LogP contribution in [0.1, 0.15) is 2.85 Å². The number of hydrogen-bond acceptors (Lipinski definition) is 6. The third-order valence-corrected chi connectivity index (χ3v) is 1.51. The van der Waals surface area contributed by atoms with Gasteiger partial charge in [-0.05, 0) is 0 Å². The van der Waals surface area contributed by atoms with Crippen molar-refractivity contribution < 1.29 is 57.8 Å². The molecule has 0 aliphatic heterocycles. The topological polar surface area (TPSA) is 138 Å². The van der Waals surface area contributed by atoms with Crippen LogP contribution in [0.15, 0.2) is 0 Å². The van der Waals surface area contributed by atoms with E-state index in [9.17, 15) is 4.79 Å². The van der Waals surface area contributed by atoms with Crippen LogP contribution >= 0.6 is 24.0 Å². The molecule has 0 aromatic heterocycles. The van der Waals surface area contributed by atoms with Crippen LogP contribution in [0.5, 0.6) is 0 Å². The number of carboxylic acid groups (broad SMARTS) is 1. The Labute approximate surface area is 141 Å². The summed E-state index contributed by atoms with van der Waals surface area (Å²) in [7, 11) is 0. The molecule has 0 aliphatic carbocycles. The maximum Gasteiger partial charge on any atom is 2.00 e. The first-order valence-electron chi connectivity index (χ1n) is 3.47. The maximum absolute atomic E-state index is 10.1. The summed E-state index contributed by atoms with van der Waals surface area (Å²) in [4.78, 5) is 10.1. The van der Waals surface area contributed by atoms with Gasteiger partial charge in [0.25, 0.3) is 0 Å². The summed E-state index contributed by atoms with van der Waals surface area (Å²) < 4.78 is 0. The number of carbonyl (C=O) groups is 1. The van der Waals surface area contributed by atoms with Gasteiger partial charge in [0.15, 0.2) is 6.10 Å². The molecule has 0 saturated heterocycles. The number of aliphatic carboxylic acids is 1. The first kappa shape index (κ1) is 26.1. The van der Waals surface area contributed by atoms with Crippen molar-refractivity contribution in [2.75, 3.05) is 6.61 Å². The van der Waals surface area contributed by atoms with Crippen LogP contribution in [0.3, 0.4) is 0 Å². The first-order valence-corrected chi connectivity index (χ1v) is 3.47. The van der Waals surface area contributed by atoms with Gasteiger partial charge in [0.1, 0.15) is 18.3 Å². The van der Waals surface area contributed by atoms with Crippen molar-refractivity contribution in [2.45, 2.75) is 24.4 Å². The minimum atomic E-state index is -2.20. The zero-order valence-corrected chi connectivity index (χ0v) is 15.1. The third kappa shape index (κ3) is 8.48. The first-order chi connectivity index (χ1) is 5.91. The Bertz CT molecular complexity index is 195. The smallest absolute Gasteiger partial charge is 1.00 e. The normalized spacial score (nSPS) is 16.6. The quantitative estimate of drug-likeness (QED) is 0.207. The van der Waals surface area contributed by atoms with Crippen molar-refractivity contribution in [3.63, 3.8) is 0 Å². The molecule has 6 N–H and O–H groups in total. The van der Waals surface area contributed by atoms with Crippen molar-refractivity contribution in [2.24, 2.45) is 0 Å². The molecule has 0 heterocycles. The van der Waals surface area contributed by atoms with Crippen LogP contribution in [0.2, 0.25) is 0 Å². The second kappa shape index (κ2) is 12.8. The second-order valence-electron chi connectivity index (χ2n) is 2.51. The number of hydrogen-bond donors (Lipinski definition) is 6. The van der Waals surface area contributed by atoms with Crippen LogP contribution in [0.25, 0.3) is 0 Å². The molecule has 16 heavy (non-hydrogen) atoms. The molecule has 0 bridgehead atoms. The summed E-state index contributed by atoms with van der Waals surface area (Å²) in [5.74, 6) is -1.73. The van der Waals surface area contributed by atoms with Gasteiger partial charge < -0.3 is 33.5 Å². The van der Waals surface area contributed by atoms with Crippen molar-refractivity contribution >= 4 is 53.0 Å². The molecule has 0 radical (unpaired) electrons. The molecular weight excluding hydrogens is 401 g/mol. The summed E-state index contributed by atoms with van der Waals surface area (Å²) in [6, 6.07) is 0. The van der Waals surface area contributed by atoms with E-state index in [1.807, 2.05) is 0 Å². The van der Waals surface area contributed by atoms with Crippen LogP contribution in [-0.4, -0.2) is 90.7 Å². The van der Waals surface area contributed by atoms with E-state index in [0.29, 0.717) is 0 Å². The van der Waals surface area contributed by atoms with Gasteiger partial charge in [-0.15, -0.1) is 24.0 Å². The summed E-state index contributed by atoms with van der Waals surface area (Å²) in [5, 5.41) is 51.8. The van der Waals surface area contributed by atoms with Gasteiger partial charge in [0.2, 0.25) is 0 Å². The van der Waals surface area contributed by atoms with E-state index in [1.165, 1.54) is 0 Å². The fourth-order valence-electron chi connectivity index (χ4n) is 0.668. The molecule has 7 nitrogen and oxygen atoms in total. The Balaban J connectivity index is -0.0000000720. The molecule has 4 unspecified atom stereocenters. The van der Waals surface area contributed by atoms with E-state index in [1.54, 1.807) is 0 Å². The number of aliphatic hydroxyl groups excluding tert-OH is 5. The summed E-state index contributed by atoms with van der Waals surface area (Å²) >= 11 is 0. The minimum Gasteiger partial charge on any atom is -1.00 e. The molecule has 0 rings (SSSR count). The van der Waals surface area contributed by atoms with Gasteiger partial charge in [-0.25, -0.2) is 4.79 Å². The Kier molecular flexibility index (Phi) is 20.9. The van der Waals surface area contributed by atoms with E-state index in [-0.39, 0.29) is 69.4 Å². The summed E-state index contributed by atoms with van der Waals surface area (Å²) in [5.41, 5.74) is 0. The summed E-state index contributed by atoms with van der Waals surface area (Å²) in [6.45, 7) is -0.843. The molecule has 0 aromatic carbocycles. The van der Waals surface area contributed by atoms with E-state index in [0.717, 1.165) is 0 Å². The van der Waals surface area contributed by atoms with E-state index < -0.39 is 37.0 Å². The van der Waals surface area contributed by atoms with E-state index >= 15 is 0 Å². The predicted octanol–water partition coefficient (Wildman–Crippen LogP) is -3.03. The Hall–Kier alpha value is 1.39. The van der Waals surface area contributed by atoms with Crippen LogP contribution in [-0.2, 0) is 24.3 Å². The van der Waals surface area contributed by atoms with Gasteiger partial charge >= 0.3 is 29.0 Å². The van der Waals surface area contributed by atoms with Crippen molar-refractivity contribution in [3.05, 3.63) is 0 Å². The molecule has 0 saturated carbocycles. The molecule has 4 atom stereocenters. The molecule has 0 spiro atoms. The Morgan fingerprint density at radius 3 is 1.75 bits per heavy atom. The zero-order chi connectivity index (χ0) is 10.6. The van der Waals surface area contributed by atoms with Crippen molar-refractivity contribution in [3.8, 4) is 0 Å². The van der Waals surface area contributed by atoms with Gasteiger partial charge in [-0.1, -0.05) is 0 Å². The standard InChI is InChI=1S/C6H12O7.HI.Mg.Zn.2H/c7-1-2(8)3(9)4(10)5(11)6(12)13;;;;;/h2-5,7-11H,1H2,(H,12,13);1H;;;;/q;;+2;;2*-1. The number of rotatable bonds is 5. The minimum absolute atomic E-state index is 0. The molecule has 0 aromatic rings. The number of carboxylic acids is 1. The molecule has 10 heteroatoms. The second-order valence-corrected chi connectivity index (χ2v) is 2.51. The molecule has 92 valence electrons. The summed E-state index contributed by atoms with van der Waals surface area (Å²) in [6.07, 6.45) is -7.84. The van der Waals surface area contributed by atoms with Gasteiger partial charge in [0, 0.05) is 19.5 Å².